The Bertz CT molecular complexity index is 838. The second kappa shape index (κ2) is 4.39. The van der Waals surface area contributed by atoms with Crippen molar-refractivity contribution >= 4 is 15.9 Å². The number of carbonyl (C=O) groups is 1. The second-order valence-corrected chi connectivity index (χ2v) is 6.54. The van der Waals surface area contributed by atoms with Gasteiger partial charge in [0.1, 0.15) is 23.0 Å². The van der Waals surface area contributed by atoms with Gasteiger partial charge in [-0.2, -0.15) is 0 Å². The molecular formula is C13H11FN2O4S. The first-order valence-corrected chi connectivity index (χ1v) is 7.54. The summed E-state index contributed by atoms with van der Waals surface area (Å²) < 4.78 is 43.8. The van der Waals surface area contributed by atoms with Gasteiger partial charge in [0.2, 0.25) is 5.89 Å². The molecule has 2 heterocycles. The van der Waals surface area contributed by atoms with Crippen molar-refractivity contribution in [1.29, 1.82) is 0 Å². The van der Waals surface area contributed by atoms with Gasteiger partial charge >= 0.3 is 0 Å². The Balaban J connectivity index is 2.03. The van der Waals surface area contributed by atoms with Gasteiger partial charge in [0.15, 0.2) is 0 Å². The number of nitrogens with zero attached hydrogens (tertiary/aromatic N) is 2. The molecular weight excluding hydrogens is 299 g/mol. The predicted molar refractivity (Wildman–Crippen MR) is 69.4 cm³/mol. The maximum Gasteiger partial charge on any atom is 0.269 e. The minimum Gasteiger partial charge on any atom is -0.444 e. The van der Waals surface area contributed by atoms with E-state index in [0.717, 1.165) is 18.2 Å². The Kier molecular flexibility index (Phi) is 2.87. The third-order valence-corrected chi connectivity index (χ3v) is 5.11. The number of aryl methyl sites for hydroxylation is 2. The standard InChI is InChI=1S/C13H11FN2O4S/c1-7-8(2)20-12(15-7)6-16-13(17)10-5-9(14)3-4-11(10)21(16,18)19/h3-5H,6H2,1-2H3. The van der Waals surface area contributed by atoms with Crippen molar-refractivity contribution in [3.8, 4) is 0 Å². The van der Waals surface area contributed by atoms with Crippen molar-refractivity contribution in [1.82, 2.24) is 9.29 Å². The van der Waals surface area contributed by atoms with Crippen LogP contribution in [0.3, 0.4) is 0 Å². The van der Waals surface area contributed by atoms with Crippen LogP contribution < -0.4 is 0 Å². The Morgan fingerprint density at radius 1 is 1.33 bits per heavy atom. The van der Waals surface area contributed by atoms with E-state index in [1.165, 1.54) is 0 Å². The molecule has 0 fully saturated rings. The van der Waals surface area contributed by atoms with Gasteiger partial charge in [0, 0.05) is 0 Å². The molecule has 2 aromatic rings. The van der Waals surface area contributed by atoms with E-state index in [0.29, 0.717) is 15.8 Å². The van der Waals surface area contributed by atoms with E-state index in [1.54, 1.807) is 13.8 Å². The third kappa shape index (κ3) is 2.02. The molecule has 1 aromatic carbocycles. The summed E-state index contributed by atoms with van der Waals surface area (Å²) in [5.41, 5.74) is 0.451. The number of oxazole rings is 1. The van der Waals surface area contributed by atoms with E-state index in [-0.39, 0.29) is 22.9 Å². The smallest absolute Gasteiger partial charge is 0.269 e. The van der Waals surface area contributed by atoms with Crippen molar-refractivity contribution in [2.75, 3.05) is 0 Å². The van der Waals surface area contributed by atoms with E-state index in [9.17, 15) is 17.6 Å². The average Bonchev–Trinajstić information content (AvgIpc) is 2.81. The van der Waals surface area contributed by atoms with Crippen LogP contribution in [-0.2, 0) is 16.6 Å². The van der Waals surface area contributed by atoms with Crippen molar-refractivity contribution in [2.24, 2.45) is 0 Å². The molecule has 0 spiro atoms. The number of benzene rings is 1. The Labute approximate surface area is 120 Å². The molecule has 1 aliphatic rings. The second-order valence-electron chi connectivity index (χ2n) is 4.71. The quantitative estimate of drug-likeness (QED) is 0.844. The number of amides is 1. The summed E-state index contributed by atoms with van der Waals surface area (Å²) in [6.07, 6.45) is 0. The number of rotatable bonds is 2. The zero-order chi connectivity index (χ0) is 15.4. The minimum atomic E-state index is -4.00. The highest BCUT2D eigenvalue weighted by Crippen LogP contribution is 2.32. The molecule has 0 unspecified atom stereocenters. The van der Waals surface area contributed by atoms with Gasteiger partial charge in [-0.25, -0.2) is 22.1 Å². The van der Waals surface area contributed by atoms with Crippen LogP contribution in [-0.4, -0.2) is 23.6 Å². The van der Waals surface area contributed by atoms with Crippen molar-refractivity contribution in [2.45, 2.75) is 25.3 Å². The topological polar surface area (TPSA) is 80.5 Å². The predicted octanol–water partition coefficient (Wildman–Crippen LogP) is 1.78. The Morgan fingerprint density at radius 2 is 2.05 bits per heavy atom. The van der Waals surface area contributed by atoms with E-state index < -0.39 is 21.7 Å². The highest BCUT2D eigenvalue weighted by Gasteiger charge is 2.42. The van der Waals surface area contributed by atoms with Crippen LogP contribution in [0.25, 0.3) is 0 Å². The first-order chi connectivity index (χ1) is 9.80. The molecule has 8 heteroatoms. The van der Waals surface area contributed by atoms with Gasteiger partial charge in [-0.05, 0) is 32.0 Å². The van der Waals surface area contributed by atoms with E-state index in [1.807, 2.05) is 0 Å². The fourth-order valence-electron chi connectivity index (χ4n) is 2.14. The van der Waals surface area contributed by atoms with Crippen LogP contribution in [0.4, 0.5) is 4.39 Å². The third-order valence-electron chi connectivity index (χ3n) is 3.32. The molecule has 1 aliphatic heterocycles. The zero-order valence-corrected chi connectivity index (χ0v) is 12.1. The first kappa shape index (κ1) is 13.7. The summed E-state index contributed by atoms with van der Waals surface area (Å²) in [5, 5.41) is 0. The number of carbonyl (C=O) groups excluding carboxylic acids is 1. The average molecular weight is 310 g/mol. The van der Waals surface area contributed by atoms with Gasteiger partial charge in [-0.1, -0.05) is 0 Å². The number of halogens is 1. The highest BCUT2D eigenvalue weighted by atomic mass is 32.2. The summed E-state index contributed by atoms with van der Waals surface area (Å²) in [6.45, 7) is 3.09. The minimum absolute atomic E-state index is 0.121. The van der Waals surface area contributed by atoms with E-state index in [2.05, 4.69) is 4.98 Å². The SMILES string of the molecule is Cc1nc(CN2C(=O)c3cc(F)ccc3S2(=O)=O)oc1C. The van der Waals surface area contributed by atoms with Crippen molar-refractivity contribution in [3.05, 3.63) is 46.9 Å². The fourth-order valence-corrected chi connectivity index (χ4v) is 3.64. The van der Waals surface area contributed by atoms with Gasteiger partial charge in [0.05, 0.1) is 11.3 Å². The number of hydrogen-bond donors (Lipinski definition) is 0. The Hall–Kier alpha value is -2.22. The summed E-state index contributed by atoms with van der Waals surface area (Å²) in [4.78, 5) is 16.0. The maximum absolute atomic E-state index is 13.2. The van der Waals surface area contributed by atoms with Crippen LogP contribution in [0.2, 0.25) is 0 Å². The summed E-state index contributed by atoms with van der Waals surface area (Å²) in [5.74, 6) is -0.771. The molecule has 0 radical (unpaired) electrons. The molecule has 0 saturated carbocycles. The maximum atomic E-state index is 13.2. The van der Waals surface area contributed by atoms with E-state index >= 15 is 0 Å². The molecule has 0 atom stereocenters. The lowest BCUT2D eigenvalue weighted by atomic mass is 10.2. The number of aromatic nitrogens is 1. The Morgan fingerprint density at radius 3 is 2.67 bits per heavy atom. The first-order valence-electron chi connectivity index (χ1n) is 6.10. The van der Waals surface area contributed by atoms with Crippen molar-refractivity contribution in [3.63, 3.8) is 0 Å². The summed E-state index contributed by atoms with van der Waals surface area (Å²) in [6, 6.07) is 3.01. The fraction of sp³-hybridized carbons (Fsp3) is 0.231. The van der Waals surface area contributed by atoms with Crippen LogP contribution in [0.15, 0.2) is 27.5 Å². The lowest BCUT2D eigenvalue weighted by Crippen LogP contribution is -2.29. The van der Waals surface area contributed by atoms with E-state index in [4.69, 9.17) is 4.42 Å². The molecule has 0 saturated heterocycles. The highest BCUT2D eigenvalue weighted by molar-refractivity contribution is 7.90. The summed E-state index contributed by atoms with van der Waals surface area (Å²) >= 11 is 0. The monoisotopic (exact) mass is 310 g/mol. The normalized spacial score (nSPS) is 16.3. The number of sulfonamides is 1. The van der Waals surface area contributed by atoms with Crippen LogP contribution >= 0.6 is 0 Å². The molecule has 0 aliphatic carbocycles. The van der Waals surface area contributed by atoms with Crippen LogP contribution in [0.5, 0.6) is 0 Å². The van der Waals surface area contributed by atoms with Crippen LogP contribution in [0, 0.1) is 19.7 Å². The van der Waals surface area contributed by atoms with Crippen molar-refractivity contribution < 1.29 is 22.0 Å². The molecule has 0 N–H and O–H groups in total. The molecule has 3 rings (SSSR count). The summed E-state index contributed by atoms with van der Waals surface area (Å²) in [7, 11) is -4.00. The number of fused-ring (bicyclic) bond motifs is 1. The molecule has 1 amide bonds. The lowest BCUT2D eigenvalue weighted by molar-refractivity contribution is 0.0856. The number of hydrogen-bond acceptors (Lipinski definition) is 5. The van der Waals surface area contributed by atoms with Gasteiger partial charge in [-0.15, -0.1) is 0 Å². The lowest BCUT2D eigenvalue weighted by Gasteiger charge is -2.12. The zero-order valence-electron chi connectivity index (χ0n) is 11.3. The molecule has 1 aromatic heterocycles. The largest absolute Gasteiger partial charge is 0.444 e. The van der Waals surface area contributed by atoms with Gasteiger partial charge < -0.3 is 4.42 Å². The molecule has 110 valence electrons. The van der Waals surface area contributed by atoms with Gasteiger partial charge in [0.25, 0.3) is 15.9 Å². The van der Waals surface area contributed by atoms with Gasteiger partial charge in [-0.3, -0.25) is 4.79 Å². The molecule has 21 heavy (non-hydrogen) atoms. The molecule has 0 bridgehead atoms. The molecule has 6 nitrogen and oxygen atoms in total. The van der Waals surface area contributed by atoms with Crippen LogP contribution in [0.1, 0.15) is 27.7 Å².